The Morgan fingerprint density at radius 1 is 1.13 bits per heavy atom. The number of aliphatic hydroxyl groups is 1. The molecular weight excluding hydrogens is 297 g/mol. The number of carbonyl (C=O) groups is 1. The fourth-order valence-corrected chi connectivity index (χ4v) is 3.56. The first-order valence-electron chi connectivity index (χ1n) is 8.27. The van der Waals surface area contributed by atoms with E-state index in [1.54, 1.807) is 12.1 Å². The van der Waals surface area contributed by atoms with E-state index < -0.39 is 6.10 Å². The van der Waals surface area contributed by atoms with E-state index in [1.807, 2.05) is 4.90 Å². The molecule has 5 nitrogen and oxygen atoms in total. The Hall–Kier alpha value is -1.66. The Labute approximate surface area is 135 Å². The highest BCUT2D eigenvalue weighted by atomic mass is 19.1. The van der Waals surface area contributed by atoms with Crippen molar-refractivity contribution in [3.63, 3.8) is 0 Å². The molecule has 0 bridgehead atoms. The predicted octanol–water partition coefficient (Wildman–Crippen LogP) is 0.963. The highest BCUT2D eigenvalue weighted by Gasteiger charge is 2.37. The predicted molar refractivity (Wildman–Crippen MR) is 86.5 cm³/mol. The van der Waals surface area contributed by atoms with Gasteiger partial charge in [-0.3, -0.25) is 4.79 Å². The molecular formula is C17H24FN3O2. The number of nitrogens with two attached hydrogens (primary N) is 1. The van der Waals surface area contributed by atoms with Gasteiger partial charge in [0.1, 0.15) is 5.82 Å². The average molecular weight is 321 g/mol. The molecule has 1 aliphatic carbocycles. The van der Waals surface area contributed by atoms with Crippen LogP contribution in [0.2, 0.25) is 0 Å². The van der Waals surface area contributed by atoms with Crippen LogP contribution in [0.5, 0.6) is 0 Å². The maximum absolute atomic E-state index is 13.0. The number of benzene rings is 1. The van der Waals surface area contributed by atoms with Gasteiger partial charge in [-0.05, 0) is 43.5 Å². The van der Waals surface area contributed by atoms with Crippen molar-refractivity contribution in [2.24, 2.45) is 11.7 Å². The van der Waals surface area contributed by atoms with Gasteiger partial charge in [-0.25, -0.2) is 4.39 Å². The van der Waals surface area contributed by atoms with Crippen LogP contribution in [0.4, 0.5) is 10.1 Å². The number of amides is 1. The van der Waals surface area contributed by atoms with E-state index in [9.17, 15) is 14.3 Å². The van der Waals surface area contributed by atoms with Crippen molar-refractivity contribution in [3.05, 3.63) is 30.1 Å². The summed E-state index contributed by atoms with van der Waals surface area (Å²) < 4.78 is 13.0. The highest BCUT2D eigenvalue weighted by molar-refractivity contribution is 5.79. The lowest BCUT2D eigenvalue weighted by Crippen LogP contribution is -2.38. The summed E-state index contributed by atoms with van der Waals surface area (Å²) in [6.07, 6.45) is 1.35. The van der Waals surface area contributed by atoms with Gasteiger partial charge < -0.3 is 20.6 Å². The van der Waals surface area contributed by atoms with Gasteiger partial charge in [0.25, 0.3) is 0 Å². The number of carbonyl (C=O) groups excluding carboxylic acids is 1. The molecule has 1 aromatic rings. The summed E-state index contributed by atoms with van der Waals surface area (Å²) in [6.45, 7) is 2.96. The molecule has 0 spiro atoms. The van der Waals surface area contributed by atoms with Crippen LogP contribution in [0.3, 0.4) is 0 Å². The summed E-state index contributed by atoms with van der Waals surface area (Å²) in [5.74, 6) is -0.285. The van der Waals surface area contributed by atoms with E-state index in [1.165, 1.54) is 12.1 Å². The van der Waals surface area contributed by atoms with Gasteiger partial charge in [-0.1, -0.05) is 0 Å². The largest absolute Gasteiger partial charge is 0.391 e. The summed E-state index contributed by atoms with van der Waals surface area (Å²) in [5.41, 5.74) is 6.80. The van der Waals surface area contributed by atoms with E-state index in [2.05, 4.69) is 4.90 Å². The van der Waals surface area contributed by atoms with Crippen LogP contribution in [0, 0.1) is 11.7 Å². The molecule has 1 aromatic carbocycles. The highest BCUT2D eigenvalue weighted by Crippen LogP contribution is 2.27. The monoisotopic (exact) mass is 321 g/mol. The lowest BCUT2D eigenvalue weighted by atomic mass is 10.1. The Kier molecular flexibility index (Phi) is 4.82. The van der Waals surface area contributed by atoms with Crippen molar-refractivity contribution >= 4 is 11.6 Å². The lowest BCUT2D eigenvalue weighted by Gasteiger charge is -2.25. The molecule has 6 heteroatoms. The third-order valence-corrected chi connectivity index (χ3v) is 4.93. The van der Waals surface area contributed by atoms with Crippen LogP contribution in [0.15, 0.2) is 24.3 Å². The third kappa shape index (κ3) is 3.64. The van der Waals surface area contributed by atoms with Gasteiger partial charge in [-0.15, -0.1) is 0 Å². The molecule has 3 N–H and O–H groups in total. The summed E-state index contributed by atoms with van der Waals surface area (Å²) in [5, 5.41) is 9.75. The van der Waals surface area contributed by atoms with Crippen molar-refractivity contribution in [3.8, 4) is 0 Å². The first kappa shape index (κ1) is 16.2. The van der Waals surface area contributed by atoms with Gasteiger partial charge in [0, 0.05) is 43.8 Å². The number of hydrogen-bond donors (Lipinski definition) is 2. The molecule has 1 saturated heterocycles. The Bertz CT molecular complexity index is 541. The first-order valence-corrected chi connectivity index (χ1v) is 8.27. The van der Waals surface area contributed by atoms with Gasteiger partial charge in [0.2, 0.25) is 5.91 Å². The minimum absolute atomic E-state index is 0.109. The van der Waals surface area contributed by atoms with E-state index in [0.717, 1.165) is 31.7 Å². The normalized spacial score (nSPS) is 28.7. The molecule has 126 valence electrons. The first-order chi connectivity index (χ1) is 11.0. The molecule has 2 aliphatic rings. The van der Waals surface area contributed by atoms with Crippen LogP contribution < -0.4 is 10.6 Å². The van der Waals surface area contributed by atoms with E-state index in [-0.39, 0.29) is 23.7 Å². The summed E-state index contributed by atoms with van der Waals surface area (Å²) in [6, 6.07) is 6.19. The van der Waals surface area contributed by atoms with E-state index >= 15 is 0 Å². The van der Waals surface area contributed by atoms with Gasteiger partial charge >= 0.3 is 0 Å². The van der Waals surface area contributed by atoms with Gasteiger partial charge in [-0.2, -0.15) is 0 Å². The fraction of sp³-hybridized carbons (Fsp3) is 0.588. The van der Waals surface area contributed by atoms with Crippen LogP contribution in [-0.2, 0) is 4.79 Å². The molecule has 3 rings (SSSR count). The minimum Gasteiger partial charge on any atom is -0.391 e. The summed E-state index contributed by atoms with van der Waals surface area (Å²) >= 11 is 0. The molecule has 2 fully saturated rings. The van der Waals surface area contributed by atoms with E-state index in [0.29, 0.717) is 19.4 Å². The molecule has 23 heavy (non-hydrogen) atoms. The second kappa shape index (κ2) is 6.84. The standard InChI is InChI=1S/C17H24FN3O2/c18-13-2-4-14(5-3-13)20-6-1-7-21(9-8-20)17(23)12-10-15(19)16(22)11-12/h2-5,12,15-16,22H,1,6-11,19H2/t12-,15+,16+/m0/s1. The van der Waals surface area contributed by atoms with Crippen molar-refractivity contribution in [1.82, 2.24) is 4.90 Å². The second-order valence-electron chi connectivity index (χ2n) is 6.54. The van der Waals surface area contributed by atoms with Crippen molar-refractivity contribution in [1.29, 1.82) is 0 Å². The van der Waals surface area contributed by atoms with Crippen molar-refractivity contribution in [2.45, 2.75) is 31.4 Å². The maximum atomic E-state index is 13.0. The number of rotatable bonds is 2. The zero-order valence-electron chi connectivity index (χ0n) is 13.2. The molecule has 0 aromatic heterocycles. The second-order valence-corrected chi connectivity index (χ2v) is 6.54. The lowest BCUT2D eigenvalue weighted by molar-refractivity contribution is -0.135. The average Bonchev–Trinajstić information content (AvgIpc) is 2.76. The van der Waals surface area contributed by atoms with Crippen molar-refractivity contribution < 1.29 is 14.3 Å². The molecule has 1 saturated carbocycles. The molecule has 1 aliphatic heterocycles. The minimum atomic E-state index is -0.563. The SMILES string of the molecule is N[C@@H]1C[C@H](C(=O)N2CCCN(c3ccc(F)cc3)CC2)C[C@H]1O. The number of halogens is 1. The molecule has 1 heterocycles. The maximum Gasteiger partial charge on any atom is 0.225 e. The third-order valence-electron chi connectivity index (χ3n) is 4.93. The Morgan fingerprint density at radius 3 is 2.52 bits per heavy atom. The van der Waals surface area contributed by atoms with Crippen LogP contribution >= 0.6 is 0 Å². The topological polar surface area (TPSA) is 69.8 Å². The van der Waals surface area contributed by atoms with Gasteiger partial charge in [0.05, 0.1) is 6.10 Å². The van der Waals surface area contributed by atoms with Crippen LogP contribution in [0.25, 0.3) is 0 Å². The number of hydrogen-bond acceptors (Lipinski definition) is 4. The quantitative estimate of drug-likeness (QED) is 0.851. The Balaban J connectivity index is 1.60. The zero-order chi connectivity index (χ0) is 16.4. The van der Waals surface area contributed by atoms with Gasteiger partial charge in [0.15, 0.2) is 0 Å². The molecule has 0 unspecified atom stereocenters. The summed E-state index contributed by atoms with van der Waals surface area (Å²) in [4.78, 5) is 16.7. The van der Waals surface area contributed by atoms with Crippen LogP contribution in [0.1, 0.15) is 19.3 Å². The smallest absolute Gasteiger partial charge is 0.225 e. The van der Waals surface area contributed by atoms with E-state index in [4.69, 9.17) is 5.73 Å². The molecule has 1 amide bonds. The van der Waals surface area contributed by atoms with Crippen molar-refractivity contribution in [2.75, 3.05) is 31.1 Å². The number of anilines is 1. The number of nitrogens with zero attached hydrogens (tertiary/aromatic N) is 2. The number of aliphatic hydroxyl groups excluding tert-OH is 1. The summed E-state index contributed by atoms with van der Waals surface area (Å²) in [7, 11) is 0. The Morgan fingerprint density at radius 2 is 1.87 bits per heavy atom. The zero-order valence-corrected chi connectivity index (χ0v) is 13.2. The molecule has 3 atom stereocenters. The van der Waals surface area contributed by atoms with Crippen LogP contribution in [-0.4, -0.2) is 54.2 Å². The molecule has 0 radical (unpaired) electrons. The fourth-order valence-electron chi connectivity index (χ4n) is 3.56.